The SMILES string of the molecule is CC1(C)/C(=N/O[C@@H]2CCNC2)CC[C@@]2(C)C1[C@@H](CO)[C@@H](O)[C@H]1[C@@H]3CC[C@H](O)[C@@]3(C)CC[C@@H]12.O=C(O)/C=C/C(=O)O. The molecule has 0 amide bonds. The highest BCUT2D eigenvalue weighted by Gasteiger charge is 2.67. The Labute approximate surface area is 236 Å². The molecule has 0 aromatic carbocycles. The van der Waals surface area contributed by atoms with Crippen molar-refractivity contribution in [3.05, 3.63) is 12.2 Å². The van der Waals surface area contributed by atoms with Crippen LogP contribution in [-0.2, 0) is 14.4 Å². The fraction of sp³-hybridized carbons (Fsp3) is 0.833. The summed E-state index contributed by atoms with van der Waals surface area (Å²) >= 11 is 0. The first-order chi connectivity index (χ1) is 18.8. The van der Waals surface area contributed by atoms with Crippen LogP contribution in [0.1, 0.15) is 72.6 Å². The van der Waals surface area contributed by atoms with Crippen LogP contribution in [0, 0.1) is 45.8 Å². The van der Waals surface area contributed by atoms with Crippen molar-refractivity contribution >= 4 is 17.7 Å². The van der Waals surface area contributed by atoms with Crippen molar-refractivity contribution in [2.24, 2.45) is 51.0 Å². The molecule has 5 fully saturated rings. The first-order valence-electron chi connectivity index (χ1n) is 14.8. The van der Waals surface area contributed by atoms with Gasteiger partial charge < -0.3 is 35.7 Å². The molecular weight excluding hydrogens is 516 g/mol. The number of rotatable bonds is 5. The van der Waals surface area contributed by atoms with E-state index in [0.29, 0.717) is 24.0 Å². The fourth-order valence-electron chi connectivity index (χ4n) is 9.58. The average molecular weight is 565 g/mol. The molecule has 1 saturated heterocycles. The van der Waals surface area contributed by atoms with E-state index < -0.39 is 18.0 Å². The molecule has 0 aromatic rings. The summed E-state index contributed by atoms with van der Waals surface area (Å²) in [7, 11) is 0. The van der Waals surface area contributed by atoms with Crippen LogP contribution in [0.3, 0.4) is 0 Å². The van der Waals surface area contributed by atoms with Crippen LogP contribution in [0.2, 0.25) is 0 Å². The van der Waals surface area contributed by atoms with Gasteiger partial charge in [-0.1, -0.05) is 32.9 Å². The normalized spacial score (nSPS) is 44.7. The van der Waals surface area contributed by atoms with Gasteiger partial charge in [0.25, 0.3) is 0 Å². The molecule has 6 N–H and O–H groups in total. The van der Waals surface area contributed by atoms with Gasteiger partial charge in [-0.25, -0.2) is 9.59 Å². The van der Waals surface area contributed by atoms with Gasteiger partial charge in [0, 0.05) is 43.1 Å². The Morgan fingerprint density at radius 3 is 2.20 bits per heavy atom. The largest absolute Gasteiger partial charge is 0.478 e. The van der Waals surface area contributed by atoms with Crippen LogP contribution in [-0.4, -0.2) is 81.2 Å². The lowest BCUT2D eigenvalue weighted by Crippen LogP contribution is -2.66. The van der Waals surface area contributed by atoms with Gasteiger partial charge in [-0.15, -0.1) is 0 Å². The highest BCUT2D eigenvalue weighted by molar-refractivity contribution is 5.90. The van der Waals surface area contributed by atoms with Crippen LogP contribution in [0.5, 0.6) is 0 Å². The molecule has 40 heavy (non-hydrogen) atoms. The minimum absolute atomic E-state index is 0.000737. The maximum absolute atomic E-state index is 11.8. The third-order valence-electron chi connectivity index (χ3n) is 11.4. The molecule has 10 atom stereocenters. The van der Waals surface area contributed by atoms with E-state index in [-0.39, 0.29) is 52.8 Å². The van der Waals surface area contributed by atoms with Gasteiger partial charge in [-0.2, -0.15) is 0 Å². The summed E-state index contributed by atoms with van der Waals surface area (Å²) in [6.45, 7) is 11.0. The maximum atomic E-state index is 11.8. The third-order valence-corrected chi connectivity index (χ3v) is 11.4. The number of fused-ring (bicyclic) bond motifs is 5. The number of hydrogen-bond donors (Lipinski definition) is 6. The zero-order valence-corrected chi connectivity index (χ0v) is 24.3. The number of aliphatic carboxylic acids is 2. The zero-order chi connectivity index (χ0) is 29.5. The number of carboxylic acid groups (broad SMARTS) is 2. The topological polar surface area (TPSA) is 169 Å². The lowest BCUT2D eigenvalue weighted by atomic mass is 9.38. The van der Waals surface area contributed by atoms with E-state index in [4.69, 9.17) is 20.2 Å². The predicted molar refractivity (Wildman–Crippen MR) is 148 cm³/mol. The molecule has 1 unspecified atom stereocenters. The number of aliphatic hydroxyl groups is 3. The smallest absolute Gasteiger partial charge is 0.328 e. The van der Waals surface area contributed by atoms with Crippen molar-refractivity contribution in [3.8, 4) is 0 Å². The standard InChI is InChI=1S/C26H44N2O4.C4H4O4/c1-24(2)19(28-32-15-9-12-27-13-15)8-11-26(4)18-7-10-25(3)17(5-6-20(25)30)21(18)22(31)16(14-29)23(24)26;5-3(6)1-2-4(7)8/h15-18,20-23,27,29-31H,5-14H2,1-4H3;1-2H,(H,5,6)(H,7,8)/b28-19+;2-1+/t15-,16+,17+,18+,20+,21+,22-,23?,25+,26-;/m1./s1. The van der Waals surface area contributed by atoms with Gasteiger partial charge in [-0.05, 0) is 79.6 Å². The number of carbonyl (C=O) groups is 2. The third kappa shape index (κ3) is 5.44. The second kappa shape index (κ2) is 11.7. The minimum atomic E-state index is -1.26. The van der Waals surface area contributed by atoms with E-state index >= 15 is 0 Å². The molecule has 4 aliphatic carbocycles. The molecule has 5 rings (SSSR count). The molecule has 1 aliphatic heterocycles. The van der Waals surface area contributed by atoms with Gasteiger partial charge in [0.2, 0.25) is 0 Å². The quantitative estimate of drug-likeness (QED) is 0.217. The molecule has 4 saturated carbocycles. The van der Waals surface area contributed by atoms with Crippen molar-refractivity contribution in [2.75, 3.05) is 19.7 Å². The lowest BCUT2D eigenvalue weighted by molar-refractivity contribution is -0.213. The van der Waals surface area contributed by atoms with Gasteiger partial charge in [0.15, 0.2) is 0 Å². The number of oxime groups is 1. The molecule has 5 aliphatic rings. The van der Waals surface area contributed by atoms with E-state index in [2.05, 4.69) is 33.0 Å². The summed E-state index contributed by atoms with van der Waals surface area (Å²) in [5.41, 5.74) is 0.802. The molecule has 10 heteroatoms. The van der Waals surface area contributed by atoms with Gasteiger partial charge >= 0.3 is 11.9 Å². The van der Waals surface area contributed by atoms with E-state index in [9.17, 15) is 24.9 Å². The summed E-state index contributed by atoms with van der Waals surface area (Å²) in [4.78, 5) is 25.1. The summed E-state index contributed by atoms with van der Waals surface area (Å²) in [6.07, 6.45) is 7.35. The van der Waals surface area contributed by atoms with Gasteiger partial charge in [0.05, 0.1) is 17.9 Å². The molecule has 0 spiro atoms. The number of nitrogens with one attached hydrogen (secondary N) is 1. The zero-order valence-electron chi connectivity index (χ0n) is 24.3. The Balaban J connectivity index is 0.000000406. The average Bonchev–Trinajstić information content (AvgIpc) is 3.51. The van der Waals surface area contributed by atoms with Gasteiger partial charge in [-0.3, -0.25) is 0 Å². The Morgan fingerprint density at radius 1 is 0.975 bits per heavy atom. The lowest BCUT2D eigenvalue weighted by Gasteiger charge is -2.67. The van der Waals surface area contributed by atoms with Crippen LogP contribution in [0.15, 0.2) is 17.3 Å². The second-order valence-electron chi connectivity index (χ2n) is 13.7. The van der Waals surface area contributed by atoms with Gasteiger partial charge in [0.1, 0.15) is 6.10 Å². The van der Waals surface area contributed by atoms with Crippen LogP contribution < -0.4 is 5.32 Å². The first kappa shape index (κ1) is 30.9. The second-order valence-corrected chi connectivity index (χ2v) is 13.7. The van der Waals surface area contributed by atoms with Crippen molar-refractivity contribution in [2.45, 2.75) is 91.0 Å². The van der Waals surface area contributed by atoms with Crippen molar-refractivity contribution in [1.29, 1.82) is 0 Å². The number of aliphatic hydroxyl groups excluding tert-OH is 3. The van der Waals surface area contributed by atoms with E-state index in [1.54, 1.807) is 0 Å². The summed E-state index contributed by atoms with van der Waals surface area (Å²) in [5, 5.41) is 56.8. The molecule has 0 aromatic heterocycles. The first-order valence-corrected chi connectivity index (χ1v) is 14.8. The minimum Gasteiger partial charge on any atom is -0.478 e. The van der Waals surface area contributed by atoms with Crippen molar-refractivity contribution < 1.29 is 40.0 Å². The van der Waals surface area contributed by atoms with Crippen LogP contribution in [0.4, 0.5) is 0 Å². The summed E-state index contributed by atoms with van der Waals surface area (Å²) in [6, 6.07) is 0. The highest BCUT2D eigenvalue weighted by Crippen LogP contribution is 2.69. The van der Waals surface area contributed by atoms with Crippen LogP contribution in [0.25, 0.3) is 0 Å². The number of carboxylic acids is 2. The Morgan fingerprint density at radius 2 is 1.62 bits per heavy atom. The monoisotopic (exact) mass is 564 g/mol. The molecule has 226 valence electrons. The van der Waals surface area contributed by atoms with E-state index in [1.165, 1.54) is 0 Å². The maximum Gasteiger partial charge on any atom is 0.328 e. The van der Waals surface area contributed by atoms with Crippen LogP contribution >= 0.6 is 0 Å². The molecule has 10 nitrogen and oxygen atoms in total. The Kier molecular flexibility index (Phi) is 9.05. The number of hydrogen-bond acceptors (Lipinski definition) is 8. The van der Waals surface area contributed by atoms with E-state index in [0.717, 1.165) is 63.7 Å². The number of nitrogens with zero attached hydrogens (tertiary/aromatic N) is 1. The molecular formula is C30H48N2O8. The Hall–Kier alpha value is -2.01. The van der Waals surface area contributed by atoms with Crippen molar-refractivity contribution in [3.63, 3.8) is 0 Å². The summed E-state index contributed by atoms with van der Waals surface area (Å²) < 4.78 is 0. The Bertz CT molecular complexity index is 992. The fourth-order valence-corrected chi connectivity index (χ4v) is 9.58. The van der Waals surface area contributed by atoms with Crippen molar-refractivity contribution in [1.82, 2.24) is 5.32 Å². The molecule has 1 heterocycles. The molecule has 0 radical (unpaired) electrons. The highest BCUT2D eigenvalue weighted by atomic mass is 16.6. The van der Waals surface area contributed by atoms with E-state index in [1.807, 2.05) is 0 Å². The summed E-state index contributed by atoms with van der Waals surface area (Å²) in [5.74, 6) is -1.59. The predicted octanol–water partition coefficient (Wildman–Crippen LogP) is 2.66. The molecule has 0 bridgehead atoms.